The van der Waals surface area contributed by atoms with Crippen molar-refractivity contribution in [3.05, 3.63) is 0 Å². The lowest BCUT2D eigenvalue weighted by molar-refractivity contribution is 0.503. The van der Waals surface area contributed by atoms with E-state index < -0.39 is 0 Å². The normalized spacial score (nSPS) is 20.2. The SMILES string of the molecule is CSCCNC(C)CC1CC1. The Morgan fingerprint density at radius 3 is 2.82 bits per heavy atom. The van der Waals surface area contributed by atoms with Gasteiger partial charge in [0.15, 0.2) is 0 Å². The van der Waals surface area contributed by atoms with Crippen LogP contribution in [0.4, 0.5) is 0 Å². The molecular weight excluding hydrogens is 154 g/mol. The zero-order valence-electron chi connectivity index (χ0n) is 7.60. The summed E-state index contributed by atoms with van der Waals surface area (Å²) < 4.78 is 0. The molecule has 0 aromatic carbocycles. The first-order valence-corrected chi connectivity index (χ1v) is 5.94. The fourth-order valence-electron chi connectivity index (χ4n) is 1.34. The minimum atomic E-state index is 0.745. The van der Waals surface area contributed by atoms with Crippen molar-refractivity contribution in [2.45, 2.75) is 32.2 Å². The first-order valence-electron chi connectivity index (χ1n) is 4.55. The predicted octanol–water partition coefficient (Wildman–Crippen LogP) is 2.13. The van der Waals surface area contributed by atoms with Crippen LogP contribution in [0.15, 0.2) is 0 Å². The molecule has 0 saturated heterocycles. The fourth-order valence-corrected chi connectivity index (χ4v) is 1.67. The van der Waals surface area contributed by atoms with Crippen molar-refractivity contribution in [2.24, 2.45) is 5.92 Å². The highest BCUT2D eigenvalue weighted by molar-refractivity contribution is 7.98. The quantitative estimate of drug-likeness (QED) is 0.618. The number of hydrogen-bond acceptors (Lipinski definition) is 2. The van der Waals surface area contributed by atoms with Gasteiger partial charge in [0.2, 0.25) is 0 Å². The highest BCUT2D eigenvalue weighted by Gasteiger charge is 2.22. The molecule has 1 saturated carbocycles. The van der Waals surface area contributed by atoms with E-state index in [0.717, 1.165) is 12.0 Å². The molecule has 0 aliphatic heterocycles. The Morgan fingerprint density at radius 2 is 2.27 bits per heavy atom. The number of hydrogen-bond donors (Lipinski definition) is 1. The molecule has 1 aliphatic rings. The lowest BCUT2D eigenvalue weighted by Crippen LogP contribution is -2.28. The molecule has 0 spiro atoms. The van der Waals surface area contributed by atoms with Crippen molar-refractivity contribution in [1.82, 2.24) is 5.32 Å². The molecule has 0 amide bonds. The molecule has 1 N–H and O–H groups in total. The third-order valence-corrected chi connectivity index (χ3v) is 2.80. The van der Waals surface area contributed by atoms with Gasteiger partial charge in [0.05, 0.1) is 0 Å². The van der Waals surface area contributed by atoms with Gasteiger partial charge in [0.1, 0.15) is 0 Å². The summed E-state index contributed by atoms with van der Waals surface area (Å²) >= 11 is 1.92. The standard InChI is InChI=1S/C9H19NS/c1-8(7-9-3-4-9)10-5-6-11-2/h8-10H,3-7H2,1-2H3. The van der Waals surface area contributed by atoms with Crippen LogP contribution >= 0.6 is 11.8 Å². The van der Waals surface area contributed by atoms with Gasteiger partial charge >= 0.3 is 0 Å². The number of thioether (sulfide) groups is 1. The van der Waals surface area contributed by atoms with E-state index in [9.17, 15) is 0 Å². The maximum absolute atomic E-state index is 3.53. The first kappa shape index (κ1) is 9.40. The van der Waals surface area contributed by atoms with Gasteiger partial charge < -0.3 is 5.32 Å². The van der Waals surface area contributed by atoms with Gasteiger partial charge in [-0.15, -0.1) is 0 Å². The molecular formula is C9H19NS. The summed E-state index contributed by atoms with van der Waals surface area (Å²) in [4.78, 5) is 0. The monoisotopic (exact) mass is 173 g/mol. The van der Waals surface area contributed by atoms with E-state index in [-0.39, 0.29) is 0 Å². The fraction of sp³-hybridized carbons (Fsp3) is 1.00. The van der Waals surface area contributed by atoms with Crippen LogP contribution in [-0.4, -0.2) is 24.6 Å². The topological polar surface area (TPSA) is 12.0 Å². The molecule has 1 atom stereocenters. The van der Waals surface area contributed by atoms with E-state index in [1.807, 2.05) is 11.8 Å². The molecule has 1 nitrogen and oxygen atoms in total. The zero-order chi connectivity index (χ0) is 8.10. The van der Waals surface area contributed by atoms with Crippen molar-refractivity contribution in [3.8, 4) is 0 Å². The van der Waals surface area contributed by atoms with Gasteiger partial charge in [-0.3, -0.25) is 0 Å². The molecule has 1 aliphatic carbocycles. The molecule has 0 bridgehead atoms. The van der Waals surface area contributed by atoms with Gasteiger partial charge in [0.25, 0.3) is 0 Å². The summed E-state index contributed by atoms with van der Waals surface area (Å²) in [6.45, 7) is 3.48. The van der Waals surface area contributed by atoms with Crippen LogP contribution in [0, 0.1) is 5.92 Å². The van der Waals surface area contributed by atoms with Gasteiger partial charge in [-0.25, -0.2) is 0 Å². The van der Waals surface area contributed by atoms with Crippen molar-refractivity contribution in [3.63, 3.8) is 0 Å². The van der Waals surface area contributed by atoms with Crippen LogP contribution in [0.1, 0.15) is 26.2 Å². The highest BCUT2D eigenvalue weighted by atomic mass is 32.2. The summed E-state index contributed by atoms with van der Waals surface area (Å²) in [5, 5.41) is 3.53. The smallest absolute Gasteiger partial charge is 0.00554 e. The number of rotatable bonds is 6. The Morgan fingerprint density at radius 1 is 1.55 bits per heavy atom. The molecule has 66 valence electrons. The van der Waals surface area contributed by atoms with E-state index in [0.29, 0.717) is 0 Å². The van der Waals surface area contributed by atoms with E-state index >= 15 is 0 Å². The van der Waals surface area contributed by atoms with Gasteiger partial charge in [-0.2, -0.15) is 11.8 Å². The highest BCUT2D eigenvalue weighted by Crippen LogP contribution is 2.33. The molecule has 1 unspecified atom stereocenters. The Bertz CT molecular complexity index is 102. The molecule has 1 fully saturated rings. The van der Waals surface area contributed by atoms with E-state index in [1.54, 1.807) is 0 Å². The second kappa shape index (κ2) is 5.04. The van der Waals surface area contributed by atoms with Gasteiger partial charge in [-0.1, -0.05) is 12.8 Å². The van der Waals surface area contributed by atoms with Crippen molar-refractivity contribution < 1.29 is 0 Å². The van der Waals surface area contributed by atoms with Crippen molar-refractivity contribution >= 4 is 11.8 Å². The largest absolute Gasteiger partial charge is 0.313 e. The number of nitrogens with one attached hydrogen (secondary N) is 1. The molecule has 0 radical (unpaired) electrons. The van der Waals surface area contributed by atoms with Crippen molar-refractivity contribution in [2.75, 3.05) is 18.6 Å². The Kier molecular flexibility index (Phi) is 4.31. The lowest BCUT2D eigenvalue weighted by atomic mass is 10.2. The Hall–Kier alpha value is 0.310. The summed E-state index contributed by atoms with van der Waals surface area (Å²) in [6.07, 6.45) is 6.52. The maximum atomic E-state index is 3.53. The predicted molar refractivity (Wildman–Crippen MR) is 53.2 cm³/mol. The molecule has 0 heterocycles. The van der Waals surface area contributed by atoms with E-state index in [2.05, 4.69) is 18.5 Å². The van der Waals surface area contributed by atoms with Crippen LogP contribution in [-0.2, 0) is 0 Å². The third-order valence-electron chi connectivity index (χ3n) is 2.18. The van der Waals surface area contributed by atoms with Crippen LogP contribution in [0.5, 0.6) is 0 Å². The van der Waals surface area contributed by atoms with Crippen LogP contribution in [0.3, 0.4) is 0 Å². The minimum Gasteiger partial charge on any atom is -0.313 e. The van der Waals surface area contributed by atoms with Crippen molar-refractivity contribution in [1.29, 1.82) is 0 Å². The minimum absolute atomic E-state index is 0.745. The van der Waals surface area contributed by atoms with Crippen LogP contribution < -0.4 is 5.32 Å². The average molecular weight is 173 g/mol. The Balaban J connectivity index is 1.87. The molecule has 0 aromatic heterocycles. The molecule has 0 aromatic rings. The summed E-state index contributed by atoms with van der Waals surface area (Å²) in [6, 6.07) is 0.745. The van der Waals surface area contributed by atoms with Crippen LogP contribution in [0.2, 0.25) is 0 Å². The van der Waals surface area contributed by atoms with Crippen LogP contribution in [0.25, 0.3) is 0 Å². The summed E-state index contributed by atoms with van der Waals surface area (Å²) in [7, 11) is 0. The Labute approximate surface area is 74.3 Å². The maximum Gasteiger partial charge on any atom is 0.00554 e. The van der Waals surface area contributed by atoms with Gasteiger partial charge in [-0.05, 0) is 25.5 Å². The molecule has 2 heteroatoms. The summed E-state index contributed by atoms with van der Waals surface area (Å²) in [5.74, 6) is 2.31. The molecule has 11 heavy (non-hydrogen) atoms. The van der Waals surface area contributed by atoms with E-state index in [4.69, 9.17) is 0 Å². The summed E-state index contributed by atoms with van der Waals surface area (Å²) in [5.41, 5.74) is 0. The lowest BCUT2D eigenvalue weighted by Gasteiger charge is -2.11. The zero-order valence-corrected chi connectivity index (χ0v) is 8.41. The first-order chi connectivity index (χ1) is 5.33. The molecule has 1 rings (SSSR count). The van der Waals surface area contributed by atoms with E-state index in [1.165, 1.54) is 31.6 Å². The average Bonchev–Trinajstić information content (AvgIpc) is 2.72. The third kappa shape index (κ3) is 4.70. The second-order valence-electron chi connectivity index (χ2n) is 3.53. The van der Waals surface area contributed by atoms with Gasteiger partial charge in [0, 0.05) is 18.3 Å². The second-order valence-corrected chi connectivity index (χ2v) is 4.51.